The summed E-state index contributed by atoms with van der Waals surface area (Å²) < 4.78 is 13.4. The van der Waals surface area contributed by atoms with Crippen LogP contribution in [0.3, 0.4) is 0 Å². The first-order valence-corrected chi connectivity index (χ1v) is 9.19. The van der Waals surface area contributed by atoms with Crippen LogP contribution in [0.2, 0.25) is 0 Å². The highest BCUT2D eigenvalue weighted by Crippen LogP contribution is 2.34. The van der Waals surface area contributed by atoms with Crippen LogP contribution >= 0.6 is 0 Å². The minimum atomic E-state index is -0.963. The molecule has 2 aromatic carbocycles. The smallest absolute Gasteiger partial charge is 0.335 e. The van der Waals surface area contributed by atoms with Crippen molar-refractivity contribution < 1.29 is 14.3 Å². The van der Waals surface area contributed by atoms with Gasteiger partial charge in [-0.15, -0.1) is 0 Å². The van der Waals surface area contributed by atoms with Crippen LogP contribution in [0.1, 0.15) is 22.8 Å². The molecule has 2 heterocycles. The molecule has 0 atom stereocenters. The van der Waals surface area contributed by atoms with Gasteiger partial charge in [-0.1, -0.05) is 13.0 Å². The Labute approximate surface area is 166 Å². The van der Waals surface area contributed by atoms with E-state index in [2.05, 4.69) is 9.97 Å². The summed E-state index contributed by atoms with van der Waals surface area (Å²) >= 11 is 0. The molecule has 0 saturated carbocycles. The molecule has 0 radical (unpaired) electrons. The summed E-state index contributed by atoms with van der Waals surface area (Å²) in [6.45, 7) is 1.97. The van der Waals surface area contributed by atoms with Gasteiger partial charge in [-0.25, -0.2) is 14.2 Å². The second-order valence-electron chi connectivity index (χ2n) is 6.58. The third kappa shape index (κ3) is 3.65. The van der Waals surface area contributed by atoms with Gasteiger partial charge in [0.25, 0.3) is 0 Å². The van der Waals surface area contributed by atoms with Crippen molar-refractivity contribution in [1.82, 2.24) is 15.0 Å². The number of aromatic carboxylic acids is 1. The van der Waals surface area contributed by atoms with Gasteiger partial charge in [-0.05, 0) is 60.5 Å². The van der Waals surface area contributed by atoms with Crippen LogP contribution in [-0.2, 0) is 6.42 Å². The van der Waals surface area contributed by atoms with E-state index in [0.29, 0.717) is 17.9 Å². The van der Waals surface area contributed by atoms with Gasteiger partial charge < -0.3 is 10.1 Å². The molecule has 2 N–H and O–H groups in total. The van der Waals surface area contributed by atoms with Crippen LogP contribution in [0.25, 0.3) is 33.9 Å². The molecule has 0 saturated heterocycles. The number of imidazole rings is 1. The Kier molecular flexibility index (Phi) is 4.91. The van der Waals surface area contributed by atoms with Crippen molar-refractivity contribution >= 4 is 5.97 Å². The number of carboxylic acids is 1. The fourth-order valence-electron chi connectivity index (χ4n) is 3.30. The zero-order chi connectivity index (χ0) is 20.4. The molecule has 0 amide bonds. The van der Waals surface area contributed by atoms with E-state index in [1.54, 1.807) is 42.7 Å². The van der Waals surface area contributed by atoms with Crippen molar-refractivity contribution in [2.45, 2.75) is 13.3 Å². The predicted octanol–water partition coefficient (Wildman–Crippen LogP) is 5.21. The highest BCUT2D eigenvalue weighted by atomic mass is 19.1. The summed E-state index contributed by atoms with van der Waals surface area (Å²) in [6.07, 6.45) is 4.06. The molecule has 6 heteroatoms. The van der Waals surface area contributed by atoms with Gasteiger partial charge in [0.05, 0.1) is 17.0 Å². The van der Waals surface area contributed by atoms with Crippen LogP contribution in [0.5, 0.6) is 0 Å². The monoisotopic (exact) mass is 387 g/mol. The van der Waals surface area contributed by atoms with Crippen LogP contribution in [0.4, 0.5) is 4.39 Å². The molecular weight excluding hydrogens is 369 g/mol. The van der Waals surface area contributed by atoms with Crippen molar-refractivity contribution in [2.24, 2.45) is 0 Å². The largest absolute Gasteiger partial charge is 0.478 e. The maximum Gasteiger partial charge on any atom is 0.335 e. The average Bonchev–Trinajstić information content (AvgIpc) is 3.19. The fourth-order valence-corrected chi connectivity index (χ4v) is 3.30. The maximum absolute atomic E-state index is 13.4. The molecule has 29 heavy (non-hydrogen) atoms. The molecular formula is C23H18FN3O2. The lowest BCUT2D eigenvalue weighted by Gasteiger charge is -2.06. The quantitative estimate of drug-likeness (QED) is 0.493. The first kappa shape index (κ1) is 18.6. The molecule has 5 nitrogen and oxygen atoms in total. The Morgan fingerprint density at radius 2 is 1.76 bits per heavy atom. The molecule has 0 spiro atoms. The number of benzene rings is 2. The second kappa shape index (κ2) is 7.67. The van der Waals surface area contributed by atoms with E-state index >= 15 is 0 Å². The van der Waals surface area contributed by atoms with Crippen molar-refractivity contribution in [3.8, 4) is 33.9 Å². The maximum atomic E-state index is 13.4. The van der Waals surface area contributed by atoms with Gasteiger partial charge in [-0.2, -0.15) is 0 Å². The number of aromatic nitrogens is 3. The van der Waals surface area contributed by atoms with Crippen LogP contribution in [-0.4, -0.2) is 26.0 Å². The fraction of sp³-hybridized carbons (Fsp3) is 0.0870. The molecule has 4 rings (SSSR count). The van der Waals surface area contributed by atoms with Gasteiger partial charge in [-0.3, -0.25) is 4.98 Å². The summed E-state index contributed by atoms with van der Waals surface area (Å²) in [5, 5.41) is 9.27. The Bertz CT molecular complexity index is 1170. The Balaban J connectivity index is 1.90. The summed E-state index contributed by atoms with van der Waals surface area (Å²) in [4.78, 5) is 23.5. The Morgan fingerprint density at radius 3 is 2.41 bits per heavy atom. The molecule has 0 aliphatic heterocycles. The minimum absolute atomic E-state index is 0.241. The number of hydrogen-bond acceptors (Lipinski definition) is 3. The molecule has 0 aliphatic carbocycles. The van der Waals surface area contributed by atoms with Crippen molar-refractivity contribution in [3.05, 3.63) is 83.9 Å². The van der Waals surface area contributed by atoms with Gasteiger partial charge in [0.15, 0.2) is 0 Å². The van der Waals surface area contributed by atoms with Gasteiger partial charge in [0.2, 0.25) is 0 Å². The lowest BCUT2D eigenvalue weighted by atomic mass is 10.0. The number of aromatic amines is 1. The Hall–Kier alpha value is -3.80. The number of aryl methyl sites for hydroxylation is 1. The van der Waals surface area contributed by atoms with E-state index in [4.69, 9.17) is 4.98 Å². The SMILES string of the molecule is CCc1cc(C(=O)O)ccc1-c1nc(-c2ccc(F)cc2)c(-c2ccncc2)[nH]1. The van der Waals surface area contributed by atoms with Crippen molar-refractivity contribution in [2.75, 3.05) is 0 Å². The van der Waals surface area contributed by atoms with Crippen LogP contribution in [0.15, 0.2) is 67.0 Å². The van der Waals surface area contributed by atoms with E-state index in [-0.39, 0.29) is 11.4 Å². The zero-order valence-corrected chi connectivity index (χ0v) is 15.7. The highest BCUT2D eigenvalue weighted by Gasteiger charge is 2.18. The average molecular weight is 387 g/mol. The summed E-state index contributed by atoms with van der Waals surface area (Å²) in [7, 11) is 0. The lowest BCUT2D eigenvalue weighted by molar-refractivity contribution is 0.0697. The van der Waals surface area contributed by atoms with Gasteiger partial charge in [0, 0.05) is 29.1 Å². The number of nitrogens with one attached hydrogen (secondary N) is 1. The van der Waals surface area contributed by atoms with Crippen LogP contribution in [0, 0.1) is 5.82 Å². The highest BCUT2D eigenvalue weighted by molar-refractivity contribution is 5.89. The normalized spacial score (nSPS) is 10.8. The van der Waals surface area contributed by atoms with E-state index < -0.39 is 5.97 Å². The Morgan fingerprint density at radius 1 is 1.03 bits per heavy atom. The van der Waals surface area contributed by atoms with E-state index in [1.807, 2.05) is 19.1 Å². The zero-order valence-electron chi connectivity index (χ0n) is 15.7. The number of carbonyl (C=O) groups is 1. The molecule has 4 aromatic rings. The molecule has 0 bridgehead atoms. The van der Waals surface area contributed by atoms with E-state index in [9.17, 15) is 14.3 Å². The van der Waals surface area contributed by atoms with E-state index in [0.717, 1.165) is 27.9 Å². The standard InChI is InChI=1S/C23H18FN3O2/c1-2-14-13-17(23(28)29)5-8-19(14)22-26-20(15-3-6-18(24)7-4-15)21(27-22)16-9-11-25-12-10-16/h3-13H,2H2,1H3,(H,26,27)(H,28,29). The van der Waals surface area contributed by atoms with Crippen molar-refractivity contribution in [1.29, 1.82) is 0 Å². The number of H-pyrrole nitrogens is 1. The lowest BCUT2D eigenvalue weighted by Crippen LogP contribution is -1.99. The molecule has 0 fully saturated rings. The number of rotatable bonds is 5. The topological polar surface area (TPSA) is 78.9 Å². The summed E-state index contributed by atoms with van der Waals surface area (Å²) in [6, 6.07) is 14.9. The number of halogens is 1. The van der Waals surface area contributed by atoms with Gasteiger partial charge in [0.1, 0.15) is 11.6 Å². The van der Waals surface area contributed by atoms with Crippen LogP contribution < -0.4 is 0 Å². The first-order chi connectivity index (χ1) is 14.1. The summed E-state index contributed by atoms with van der Waals surface area (Å²) in [5.74, 6) is -0.646. The predicted molar refractivity (Wildman–Crippen MR) is 109 cm³/mol. The molecule has 0 aliphatic rings. The molecule has 144 valence electrons. The van der Waals surface area contributed by atoms with Crippen molar-refractivity contribution in [3.63, 3.8) is 0 Å². The number of hydrogen-bond donors (Lipinski definition) is 2. The second-order valence-corrected chi connectivity index (χ2v) is 6.58. The minimum Gasteiger partial charge on any atom is -0.478 e. The van der Waals surface area contributed by atoms with Gasteiger partial charge >= 0.3 is 5.97 Å². The first-order valence-electron chi connectivity index (χ1n) is 9.19. The molecule has 2 aromatic heterocycles. The number of nitrogens with zero attached hydrogens (tertiary/aromatic N) is 2. The number of pyridine rings is 1. The number of carboxylic acid groups (broad SMARTS) is 1. The molecule has 0 unspecified atom stereocenters. The third-order valence-electron chi connectivity index (χ3n) is 4.78. The van der Waals surface area contributed by atoms with E-state index in [1.165, 1.54) is 12.1 Å². The summed E-state index contributed by atoms with van der Waals surface area (Å²) in [5.41, 5.74) is 5.12. The third-order valence-corrected chi connectivity index (χ3v) is 4.78.